The topological polar surface area (TPSA) is 93.9 Å². The molecule has 2 atom stereocenters. The van der Waals surface area contributed by atoms with Gasteiger partial charge in [0.2, 0.25) is 0 Å². The van der Waals surface area contributed by atoms with Crippen molar-refractivity contribution in [3.63, 3.8) is 0 Å². The SMILES string of the molecule is CCN(C(=O)[C@@H](C)OC(=O)CCc1ccc(-c2ccccc2F)o1)[C@@H]1CCS(=O)(=O)C1. The van der Waals surface area contributed by atoms with Crippen LogP contribution in [0.3, 0.4) is 0 Å². The average Bonchev–Trinajstić information content (AvgIpc) is 3.33. The molecule has 1 fully saturated rings. The smallest absolute Gasteiger partial charge is 0.307 e. The van der Waals surface area contributed by atoms with Gasteiger partial charge in [-0.3, -0.25) is 9.59 Å². The Kier molecular flexibility index (Phi) is 7.15. The molecule has 3 rings (SSSR count). The van der Waals surface area contributed by atoms with Crippen molar-refractivity contribution in [1.82, 2.24) is 4.90 Å². The number of esters is 1. The van der Waals surface area contributed by atoms with Crippen molar-refractivity contribution in [2.24, 2.45) is 0 Å². The number of aryl methyl sites for hydroxylation is 1. The van der Waals surface area contributed by atoms with Crippen LogP contribution in [0.25, 0.3) is 11.3 Å². The van der Waals surface area contributed by atoms with E-state index in [1.807, 2.05) is 0 Å². The number of amides is 1. The fourth-order valence-corrected chi connectivity index (χ4v) is 5.43. The fourth-order valence-electron chi connectivity index (χ4n) is 3.70. The molecule has 1 saturated heterocycles. The number of rotatable bonds is 8. The largest absolute Gasteiger partial charge is 0.461 e. The molecule has 2 aromatic rings. The minimum atomic E-state index is -3.13. The van der Waals surface area contributed by atoms with E-state index in [9.17, 15) is 22.4 Å². The lowest BCUT2D eigenvalue weighted by atomic mass is 10.1. The van der Waals surface area contributed by atoms with Crippen molar-refractivity contribution in [3.8, 4) is 11.3 Å². The van der Waals surface area contributed by atoms with E-state index in [-0.39, 0.29) is 30.4 Å². The Morgan fingerprint density at radius 2 is 2.00 bits per heavy atom. The number of hydrogen-bond acceptors (Lipinski definition) is 6. The molecule has 0 bridgehead atoms. The van der Waals surface area contributed by atoms with E-state index < -0.39 is 33.6 Å². The van der Waals surface area contributed by atoms with Gasteiger partial charge < -0.3 is 14.1 Å². The zero-order valence-corrected chi connectivity index (χ0v) is 18.4. The summed E-state index contributed by atoms with van der Waals surface area (Å²) in [6.45, 7) is 3.59. The van der Waals surface area contributed by atoms with Crippen LogP contribution in [0.1, 0.15) is 32.4 Å². The lowest BCUT2D eigenvalue weighted by Gasteiger charge is -2.29. The Hall–Kier alpha value is -2.68. The van der Waals surface area contributed by atoms with Crippen molar-refractivity contribution in [2.45, 2.75) is 45.3 Å². The summed E-state index contributed by atoms with van der Waals surface area (Å²) in [6, 6.07) is 9.16. The summed E-state index contributed by atoms with van der Waals surface area (Å²) in [7, 11) is -3.13. The van der Waals surface area contributed by atoms with Crippen LogP contribution in [0.4, 0.5) is 4.39 Å². The van der Waals surface area contributed by atoms with Crippen LogP contribution in [0.5, 0.6) is 0 Å². The van der Waals surface area contributed by atoms with E-state index in [0.29, 0.717) is 30.0 Å². The third-order valence-corrected chi connectivity index (χ3v) is 7.06. The van der Waals surface area contributed by atoms with Gasteiger partial charge in [-0.05, 0) is 44.5 Å². The molecule has 0 aliphatic carbocycles. The van der Waals surface area contributed by atoms with E-state index in [2.05, 4.69) is 0 Å². The molecule has 0 spiro atoms. The van der Waals surface area contributed by atoms with Gasteiger partial charge in [0.1, 0.15) is 17.3 Å². The van der Waals surface area contributed by atoms with Crippen LogP contribution in [-0.2, 0) is 30.6 Å². The first kappa shape index (κ1) is 23.0. The van der Waals surface area contributed by atoms with E-state index in [1.165, 1.54) is 17.9 Å². The van der Waals surface area contributed by atoms with Gasteiger partial charge in [0, 0.05) is 19.0 Å². The first-order valence-corrected chi connectivity index (χ1v) is 12.1. The normalized spacial score (nSPS) is 18.5. The zero-order chi connectivity index (χ0) is 22.6. The summed E-state index contributed by atoms with van der Waals surface area (Å²) in [4.78, 5) is 26.3. The lowest BCUT2D eigenvalue weighted by Crippen LogP contribution is -2.46. The molecule has 7 nitrogen and oxygen atoms in total. The van der Waals surface area contributed by atoms with Gasteiger partial charge >= 0.3 is 5.97 Å². The molecule has 168 valence electrons. The Balaban J connectivity index is 1.52. The molecule has 0 N–H and O–H groups in total. The molecule has 1 amide bonds. The molecule has 0 saturated carbocycles. The highest BCUT2D eigenvalue weighted by atomic mass is 32.2. The van der Waals surface area contributed by atoms with Gasteiger partial charge in [0.25, 0.3) is 5.91 Å². The quantitative estimate of drug-likeness (QED) is 0.573. The molecule has 0 radical (unpaired) electrons. The van der Waals surface area contributed by atoms with Gasteiger partial charge in [0.05, 0.1) is 23.5 Å². The van der Waals surface area contributed by atoms with E-state index in [4.69, 9.17) is 9.15 Å². The molecule has 9 heteroatoms. The Morgan fingerprint density at radius 1 is 1.26 bits per heavy atom. The molecule has 31 heavy (non-hydrogen) atoms. The second-order valence-corrected chi connectivity index (χ2v) is 9.79. The number of furan rings is 1. The van der Waals surface area contributed by atoms with E-state index in [0.717, 1.165) is 0 Å². The summed E-state index contributed by atoms with van der Waals surface area (Å²) >= 11 is 0. The summed E-state index contributed by atoms with van der Waals surface area (Å²) in [5.74, 6) is -0.497. The number of carbonyl (C=O) groups is 2. The number of ether oxygens (including phenoxy) is 1. The maximum atomic E-state index is 13.9. The molecular weight excluding hydrogens is 425 g/mol. The Morgan fingerprint density at radius 3 is 2.65 bits per heavy atom. The van der Waals surface area contributed by atoms with Gasteiger partial charge in [-0.15, -0.1) is 0 Å². The summed E-state index contributed by atoms with van der Waals surface area (Å²) in [5, 5.41) is 0. The van der Waals surface area contributed by atoms with E-state index in [1.54, 1.807) is 37.3 Å². The first-order chi connectivity index (χ1) is 14.7. The van der Waals surface area contributed by atoms with Crippen LogP contribution in [0.15, 0.2) is 40.8 Å². The predicted molar refractivity (Wildman–Crippen MR) is 112 cm³/mol. The molecule has 2 heterocycles. The highest BCUT2D eigenvalue weighted by Gasteiger charge is 2.36. The van der Waals surface area contributed by atoms with Crippen molar-refractivity contribution in [2.75, 3.05) is 18.1 Å². The summed E-state index contributed by atoms with van der Waals surface area (Å²) in [6.07, 6.45) is -0.384. The molecule has 1 aromatic heterocycles. The van der Waals surface area contributed by atoms with Crippen LogP contribution < -0.4 is 0 Å². The number of halogens is 1. The van der Waals surface area contributed by atoms with Crippen LogP contribution >= 0.6 is 0 Å². The van der Waals surface area contributed by atoms with Crippen LogP contribution in [-0.4, -0.2) is 55.4 Å². The highest BCUT2D eigenvalue weighted by molar-refractivity contribution is 7.91. The number of carbonyl (C=O) groups excluding carboxylic acids is 2. The number of nitrogens with zero attached hydrogens (tertiary/aromatic N) is 1. The van der Waals surface area contributed by atoms with Gasteiger partial charge in [0.15, 0.2) is 15.9 Å². The Labute approximate surface area is 181 Å². The Bertz CT molecular complexity index is 1050. The standard InChI is InChI=1S/C22H26FNO6S/c1-3-24(16-12-13-31(27,28)14-16)22(26)15(2)29-21(25)11-9-17-8-10-20(30-17)18-6-4-5-7-19(18)23/h4-8,10,15-16H,3,9,11-14H2,1-2H3/t15-,16-/m1/s1. The number of hydrogen-bond donors (Lipinski definition) is 0. The maximum absolute atomic E-state index is 13.9. The summed E-state index contributed by atoms with van der Waals surface area (Å²) in [5.41, 5.74) is 0.337. The molecule has 0 unspecified atom stereocenters. The van der Waals surface area contributed by atoms with Crippen LogP contribution in [0, 0.1) is 5.82 Å². The minimum absolute atomic E-state index is 0.00816. The van der Waals surface area contributed by atoms with Crippen molar-refractivity contribution in [1.29, 1.82) is 0 Å². The second-order valence-electron chi connectivity index (χ2n) is 7.56. The van der Waals surface area contributed by atoms with Crippen molar-refractivity contribution >= 4 is 21.7 Å². The lowest BCUT2D eigenvalue weighted by molar-refractivity contribution is -0.160. The maximum Gasteiger partial charge on any atom is 0.307 e. The van der Waals surface area contributed by atoms with Crippen LogP contribution in [0.2, 0.25) is 0 Å². The second kappa shape index (κ2) is 9.64. The molecule has 1 aliphatic rings. The highest BCUT2D eigenvalue weighted by Crippen LogP contribution is 2.25. The van der Waals surface area contributed by atoms with Gasteiger partial charge in [-0.2, -0.15) is 0 Å². The average molecular weight is 452 g/mol. The van der Waals surface area contributed by atoms with Gasteiger partial charge in [-0.1, -0.05) is 12.1 Å². The minimum Gasteiger partial charge on any atom is -0.461 e. The van der Waals surface area contributed by atoms with Crippen molar-refractivity contribution in [3.05, 3.63) is 48.0 Å². The number of likely N-dealkylation sites (N-methyl/N-ethyl adjacent to an activating group) is 1. The number of benzene rings is 1. The van der Waals surface area contributed by atoms with Gasteiger partial charge in [-0.25, -0.2) is 12.8 Å². The summed E-state index contributed by atoms with van der Waals surface area (Å²) < 4.78 is 48.2. The predicted octanol–water partition coefficient (Wildman–Crippen LogP) is 2.99. The third kappa shape index (κ3) is 5.72. The third-order valence-electron chi connectivity index (χ3n) is 5.31. The molecular formula is C22H26FNO6S. The molecule has 1 aromatic carbocycles. The number of sulfone groups is 1. The van der Waals surface area contributed by atoms with Crippen molar-refractivity contribution < 1.29 is 31.6 Å². The fraction of sp³-hybridized carbons (Fsp3) is 0.455. The van der Waals surface area contributed by atoms with E-state index >= 15 is 0 Å². The zero-order valence-electron chi connectivity index (χ0n) is 17.5. The first-order valence-electron chi connectivity index (χ1n) is 10.2. The molecule has 1 aliphatic heterocycles. The monoisotopic (exact) mass is 451 g/mol.